The Hall–Kier alpha value is -2.48. The van der Waals surface area contributed by atoms with Gasteiger partial charge in [-0.05, 0) is 17.7 Å². The molecule has 0 spiro atoms. The number of aryl methyl sites for hydroxylation is 1. The molecule has 1 aliphatic heterocycles. The quantitative estimate of drug-likeness (QED) is 0.614. The molecule has 2 aromatic rings. The number of imidazole rings is 1. The molecule has 1 amide bonds. The van der Waals surface area contributed by atoms with Crippen LogP contribution < -0.4 is 5.32 Å². The van der Waals surface area contributed by atoms with Crippen molar-refractivity contribution in [2.24, 2.45) is 7.05 Å². The van der Waals surface area contributed by atoms with E-state index >= 15 is 0 Å². The number of carbonyl (C=O) groups is 1. The molecule has 1 aromatic heterocycles. The zero-order valence-electron chi connectivity index (χ0n) is 17.2. The number of amides is 1. The third-order valence-corrected chi connectivity index (χ3v) is 7.01. The van der Waals surface area contributed by atoms with Crippen molar-refractivity contribution in [3.05, 3.63) is 48.0 Å². The van der Waals surface area contributed by atoms with E-state index in [1.54, 1.807) is 0 Å². The van der Waals surface area contributed by atoms with E-state index < -0.39 is 40.0 Å². The van der Waals surface area contributed by atoms with Gasteiger partial charge in [0.05, 0.1) is 24.5 Å². The molecule has 176 valence electrons. The summed E-state index contributed by atoms with van der Waals surface area (Å²) in [6, 6.07) is 5.66. The summed E-state index contributed by atoms with van der Waals surface area (Å²) in [7, 11) is -2.40. The maximum absolute atomic E-state index is 13.5. The fourth-order valence-corrected chi connectivity index (χ4v) is 4.69. The number of carbonyl (C=O) groups excluding carboxylic acids is 1. The fourth-order valence-electron chi connectivity index (χ4n) is 3.28. The molecule has 13 heteroatoms. The number of aliphatic hydroxyl groups is 1. The molecular formula is C19H23F3N4O5S. The van der Waals surface area contributed by atoms with Gasteiger partial charge >= 0.3 is 6.18 Å². The highest BCUT2D eigenvalue weighted by atomic mass is 32.2. The molecule has 0 radical (unpaired) electrons. The number of nitrogens with zero attached hydrogens (tertiary/aromatic N) is 3. The maximum Gasteiger partial charge on any atom is 0.425 e. The average molecular weight is 476 g/mol. The monoisotopic (exact) mass is 476 g/mol. The molecule has 0 saturated carbocycles. The van der Waals surface area contributed by atoms with Crippen LogP contribution in [0.1, 0.15) is 17.8 Å². The van der Waals surface area contributed by atoms with E-state index in [2.05, 4.69) is 10.3 Å². The summed E-state index contributed by atoms with van der Waals surface area (Å²) in [6.45, 7) is 0.972. The van der Waals surface area contributed by atoms with Gasteiger partial charge in [-0.1, -0.05) is 12.1 Å². The second-order valence-electron chi connectivity index (χ2n) is 7.33. The van der Waals surface area contributed by atoms with Gasteiger partial charge in [0.2, 0.25) is 21.5 Å². The first kappa shape index (κ1) is 24.2. The van der Waals surface area contributed by atoms with Crippen LogP contribution in [-0.2, 0) is 38.7 Å². The van der Waals surface area contributed by atoms with Crippen LogP contribution in [0.5, 0.6) is 0 Å². The summed E-state index contributed by atoms with van der Waals surface area (Å²) in [4.78, 5) is 15.8. The van der Waals surface area contributed by atoms with Gasteiger partial charge in [0.15, 0.2) is 5.82 Å². The van der Waals surface area contributed by atoms with Crippen LogP contribution in [0.15, 0.2) is 41.6 Å². The van der Waals surface area contributed by atoms with Crippen LogP contribution in [0.4, 0.5) is 13.2 Å². The molecule has 32 heavy (non-hydrogen) atoms. The molecule has 3 rings (SSSR count). The molecule has 1 unspecified atom stereocenters. The predicted octanol–water partition coefficient (Wildman–Crippen LogP) is 0.897. The molecule has 1 fully saturated rings. The van der Waals surface area contributed by atoms with Crippen molar-refractivity contribution in [1.82, 2.24) is 19.2 Å². The molecule has 0 aliphatic carbocycles. The van der Waals surface area contributed by atoms with Crippen molar-refractivity contribution in [2.75, 3.05) is 26.3 Å². The minimum atomic E-state index is -5.13. The third kappa shape index (κ3) is 4.95. The number of alkyl halides is 3. The topological polar surface area (TPSA) is 114 Å². The SMILES string of the molecule is Cn1ccnc1C(O)(CC(=O)NCc1ccc(S(=O)(=O)N2CCOCC2)cc1)C(F)(F)F. The van der Waals surface area contributed by atoms with E-state index in [1.165, 1.54) is 41.8 Å². The molecule has 2 N–H and O–H groups in total. The van der Waals surface area contributed by atoms with E-state index in [4.69, 9.17) is 4.74 Å². The van der Waals surface area contributed by atoms with Gasteiger partial charge in [0.1, 0.15) is 0 Å². The average Bonchev–Trinajstić information content (AvgIpc) is 3.19. The van der Waals surface area contributed by atoms with Crippen molar-refractivity contribution >= 4 is 15.9 Å². The molecule has 1 aliphatic rings. The summed E-state index contributed by atoms with van der Waals surface area (Å²) in [5.74, 6) is -1.74. The Balaban J connectivity index is 1.65. The number of nitrogens with one attached hydrogen (secondary N) is 1. The van der Waals surface area contributed by atoms with Gasteiger partial charge in [0.25, 0.3) is 0 Å². The summed E-state index contributed by atoms with van der Waals surface area (Å²) >= 11 is 0. The minimum absolute atomic E-state index is 0.0655. The van der Waals surface area contributed by atoms with Crippen LogP contribution >= 0.6 is 0 Å². The Labute approximate surface area is 182 Å². The minimum Gasteiger partial charge on any atom is -0.379 e. The largest absolute Gasteiger partial charge is 0.425 e. The van der Waals surface area contributed by atoms with Crippen molar-refractivity contribution < 1.29 is 36.2 Å². The van der Waals surface area contributed by atoms with Crippen molar-refractivity contribution in [3.8, 4) is 0 Å². The second kappa shape index (κ2) is 9.17. The lowest BCUT2D eigenvalue weighted by atomic mass is 9.97. The first-order valence-corrected chi connectivity index (χ1v) is 11.1. The van der Waals surface area contributed by atoms with Crippen LogP contribution in [0.3, 0.4) is 0 Å². The normalized spacial score (nSPS) is 17.7. The van der Waals surface area contributed by atoms with E-state index in [9.17, 15) is 31.5 Å². The molecule has 0 bridgehead atoms. The highest BCUT2D eigenvalue weighted by molar-refractivity contribution is 7.89. The Morgan fingerprint density at radius 3 is 2.38 bits per heavy atom. The van der Waals surface area contributed by atoms with Crippen LogP contribution in [0, 0.1) is 0 Å². The van der Waals surface area contributed by atoms with E-state index in [0.717, 1.165) is 10.8 Å². The number of sulfonamides is 1. The Bertz CT molecular complexity index is 1050. The van der Waals surface area contributed by atoms with Crippen molar-refractivity contribution in [3.63, 3.8) is 0 Å². The lowest BCUT2D eigenvalue weighted by Crippen LogP contribution is -2.47. The lowest BCUT2D eigenvalue weighted by molar-refractivity contribution is -0.271. The van der Waals surface area contributed by atoms with Crippen molar-refractivity contribution in [2.45, 2.75) is 29.6 Å². The summed E-state index contributed by atoms with van der Waals surface area (Å²) in [5, 5.41) is 12.6. The van der Waals surface area contributed by atoms with Gasteiger partial charge in [0, 0.05) is 39.1 Å². The first-order valence-electron chi connectivity index (χ1n) is 9.65. The zero-order valence-corrected chi connectivity index (χ0v) is 18.0. The van der Waals surface area contributed by atoms with Crippen molar-refractivity contribution in [1.29, 1.82) is 0 Å². The molecular weight excluding hydrogens is 453 g/mol. The Kier molecular flexibility index (Phi) is 6.93. The van der Waals surface area contributed by atoms with E-state index in [0.29, 0.717) is 18.8 Å². The predicted molar refractivity (Wildman–Crippen MR) is 106 cm³/mol. The third-order valence-electron chi connectivity index (χ3n) is 5.10. The number of morpholine rings is 1. The summed E-state index contributed by atoms with van der Waals surface area (Å²) < 4.78 is 73.3. The zero-order chi connectivity index (χ0) is 23.6. The summed E-state index contributed by atoms with van der Waals surface area (Å²) in [6.07, 6.45) is -4.07. The van der Waals surface area contributed by atoms with E-state index in [-0.39, 0.29) is 24.5 Å². The Morgan fingerprint density at radius 2 is 1.84 bits per heavy atom. The lowest BCUT2D eigenvalue weighted by Gasteiger charge is -2.29. The molecule has 1 atom stereocenters. The number of hydrogen-bond donors (Lipinski definition) is 2. The Morgan fingerprint density at radius 1 is 1.22 bits per heavy atom. The first-order chi connectivity index (χ1) is 14.9. The van der Waals surface area contributed by atoms with E-state index in [1.807, 2.05) is 0 Å². The highest BCUT2D eigenvalue weighted by Crippen LogP contribution is 2.40. The number of hydrogen-bond acceptors (Lipinski definition) is 6. The standard InChI is InChI=1S/C19H23F3N4O5S/c1-25-7-6-23-17(25)18(28,19(20,21)22)12-16(27)24-13-14-2-4-15(5-3-14)32(29,30)26-8-10-31-11-9-26/h2-7,28H,8-13H2,1H3,(H,24,27). The van der Waals surface area contributed by atoms with Crippen LogP contribution in [0.25, 0.3) is 0 Å². The number of halogens is 3. The molecule has 1 aromatic carbocycles. The number of aromatic nitrogens is 2. The van der Waals surface area contributed by atoms with Crippen LogP contribution in [-0.4, -0.2) is 65.8 Å². The number of benzene rings is 1. The van der Waals surface area contributed by atoms with Gasteiger partial charge in [-0.15, -0.1) is 0 Å². The molecule has 1 saturated heterocycles. The maximum atomic E-state index is 13.5. The van der Waals surface area contributed by atoms with Gasteiger partial charge in [-0.3, -0.25) is 4.79 Å². The summed E-state index contributed by atoms with van der Waals surface area (Å²) in [5.41, 5.74) is -2.97. The molecule has 9 nitrogen and oxygen atoms in total. The van der Waals surface area contributed by atoms with Gasteiger partial charge in [-0.25, -0.2) is 13.4 Å². The number of ether oxygens (including phenoxy) is 1. The molecule has 2 heterocycles. The highest BCUT2D eigenvalue weighted by Gasteiger charge is 2.58. The van der Waals surface area contributed by atoms with Gasteiger partial charge in [-0.2, -0.15) is 17.5 Å². The smallest absolute Gasteiger partial charge is 0.379 e. The fraction of sp³-hybridized carbons (Fsp3) is 0.474. The second-order valence-corrected chi connectivity index (χ2v) is 9.27. The number of rotatable bonds is 7. The van der Waals surface area contributed by atoms with Crippen LogP contribution in [0.2, 0.25) is 0 Å². The van der Waals surface area contributed by atoms with Gasteiger partial charge < -0.3 is 19.7 Å².